The number of hydrogen-bond acceptors (Lipinski definition) is 3. The number of aryl methyl sites for hydroxylation is 1. The second kappa shape index (κ2) is 10.1. The SMILES string of the molecule is CCC(=C(c1ccc(O)cc1)c1ccc(OCCN(C)C)cc1)c1ccc(C)cc1. The average Bonchev–Trinajstić information content (AvgIpc) is 2.74. The smallest absolute Gasteiger partial charge is 0.119 e. The molecule has 3 nitrogen and oxygen atoms in total. The molecule has 0 unspecified atom stereocenters. The number of benzene rings is 3. The first kappa shape index (κ1) is 21.7. The van der Waals surface area contributed by atoms with E-state index < -0.39 is 0 Å². The Hall–Kier alpha value is -3.04. The van der Waals surface area contributed by atoms with Gasteiger partial charge in [0.15, 0.2) is 0 Å². The number of phenolic OH excluding ortho intramolecular Hbond substituents is 1. The highest BCUT2D eigenvalue weighted by Crippen LogP contribution is 2.35. The predicted octanol–water partition coefficient (Wildman–Crippen LogP) is 6.01. The molecule has 0 aliphatic rings. The molecule has 3 rings (SSSR count). The molecule has 0 radical (unpaired) electrons. The molecule has 0 amide bonds. The molecule has 0 aromatic heterocycles. The summed E-state index contributed by atoms with van der Waals surface area (Å²) in [4.78, 5) is 2.11. The van der Waals surface area contributed by atoms with Crippen LogP contribution < -0.4 is 4.74 Å². The van der Waals surface area contributed by atoms with Gasteiger partial charge in [0.1, 0.15) is 18.1 Å². The molecule has 3 heteroatoms. The minimum absolute atomic E-state index is 0.274. The highest BCUT2D eigenvalue weighted by molar-refractivity contribution is 5.98. The van der Waals surface area contributed by atoms with Crippen LogP contribution in [0.1, 0.15) is 35.6 Å². The molecule has 30 heavy (non-hydrogen) atoms. The van der Waals surface area contributed by atoms with Gasteiger partial charge < -0.3 is 14.7 Å². The molecular weight excluding hydrogens is 370 g/mol. The maximum Gasteiger partial charge on any atom is 0.119 e. The third-order valence-electron chi connectivity index (χ3n) is 5.16. The van der Waals surface area contributed by atoms with Crippen molar-refractivity contribution in [2.45, 2.75) is 20.3 Å². The molecule has 0 saturated carbocycles. The second-order valence-electron chi connectivity index (χ2n) is 7.80. The average molecular weight is 402 g/mol. The zero-order valence-electron chi connectivity index (χ0n) is 18.4. The summed E-state index contributed by atoms with van der Waals surface area (Å²) < 4.78 is 5.87. The fraction of sp³-hybridized carbons (Fsp3) is 0.259. The number of hydrogen-bond donors (Lipinski definition) is 1. The highest BCUT2D eigenvalue weighted by atomic mass is 16.5. The van der Waals surface area contributed by atoms with E-state index in [0.29, 0.717) is 6.61 Å². The van der Waals surface area contributed by atoms with E-state index in [9.17, 15) is 5.11 Å². The number of aromatic hydroxyl groups is 1. The summed E-state index contributed by atoms with van der Waals surface area (Å²) in [5.41, 5.74) is 7.16. The van der Waals surface area contributed by atoms with Crippen LogP contribution in [0.3, 0.4) is 0 Å². The number of phenols is 1. The summed E-state index contributed by atoms with van der Waals surface area (Å²) in [7, 11) is 4.08. The summed E-state index contributed by atoms with van der Waals surface area (Å²) in [5.74, 6) is 1.15. The van der Waals surface area contributed by atoms with Crippen LogP contribution in [0, 0.1) is 6.92 Å². The van der Waals surface area contributed by atoms with Gasteiger partial charge in [0.25, 0.3) is 0 Å². The van der Waals surface area contributed by atoms with E-state index in [0.717, 1.165) is 29.8 Å². The van der Waals surface area contributed by atoms with Gasteiger partial charge in [-0.1, -0.05) is 61.0 Å². The Morgan fingerprint density at radius 3 is 1.87 bits per heavy atom. The Morgan fingerprint density at radius 1 is 0.800 bits per heavy atom. The Kier molecular flexibility index (Phi) is 7.31. The van der Waals surface area contributed by atoms with Gasteiger partial charge in [0.2, 0.25) is 0 Å². The van der Waals surface area contributed by atoms with Gasteiger partial charge in [-0.15, -0.1) is 0 Å². The maximum absolute atomic E-state index is 9.77. The number of likely N-dealkylation sites (N-methyl/N-ethyl adjacent to an activating group) is 1. The first-order valence-corrected chi connectivity index (χ1v) is 10.5. The van der Waals surface area contributed by atoms with Gasteiger partial charge in [0.05, 0.1) is 0 Å². The fourth-order valence-electron chi connectivity index (χ4n) is 3.49. The van der Waals surface area contributed by atoms with Crippen LogP contribution in [-0.4, -0.2) is 37.3 Å². The molecule has 0 saturated heterocycles. The Bertz CT molecular complexity index is 969. The van der Waals surface area contributed by atoms with Gasteiger partial charge in [-0.05, 0) is 79.5 Å². The maximum atomic E-state index is 9.77. The molecule has 156 valence electrons. The third kappa shape index (κ3) is 5.52. The molecule has 0 spiro atoms. The lowest BCUT2D eigenvalue weighted by atomic mass is 9.88. The van der Waals surface area contributed by atoms with Crippen molar-refractivity contribution >= 4 is 11.1 Å². The van der Waals surface area contributed by atoms with Crippen LogP contribution in [0.15, 0.2) is 72.8 Å². The first-order chi connectivity index (χ1) is 14.5. The quantitative estimate of drug-likeness (QED) is 0.469. The van der Waals surface area contributed by atoms with Crippen LogP contribution in [0.5, 0.6) is 11.5 Å². The monoisotopic (exact) mass is 401 g/mol. The fourth-order valence-corrected chi connectivity index (χ4v) is 3.49. The summed E-state index contributed by atoms with van der Waals surface area (Å²) >= 11 is 0. The van der Waals surface area contributed by atoms with E-state index in [1.165, 1.54) is 22.3 Å². The normalized spacial score (nSPS) is 12.0. The van der Waals surface area contributed by atoms with Crippen molar-refractivity contribution in [2.24, 2.45) is 0 Å². The molecule has 1 N–H and O–H groups in total. The summed E-state index contributed by atoms with van der Waals surface area (Å²) in [6.07, 6.45) is 0.903. The minimum Gasteiger partial charge on any atom is -0.508 e. The molecule has 0 aliphatic carbocycles. The molecule has 0 heterocycles. The van der Waals surface area contributed by atoms with Crippen molar-refractivity contribution in [3.05, 3.63) is 95.1 Å². The zero-order chi connectivity index (χ0) is 21.5. The van der Waals surface area contributed by atoms with Crippen molar-refractivity contribution in [3.8, 4) is 11.5 Å². The van der Waals surface area contributed by atoms with E-state index in [1.54, 1.807) is 12.1 Å². The molecular formula is C27H31NO2. The van der Waals surface area contributed by atoms with Gasteiger partial charge in [-0.2, -0.15) is 0 Å². The van der Waals surface area contributed by atoms with Crippen LogP contribution in [0.25, 0.3) is 11.1 Å². The molecule has 0 aliphatic heterocycles. The largest absolute Gasteiger partial charge is 0.508 e. The molecule has 3 aromatic carbocycles. The second-order valence-corrected chi connectivity index (χ2v) is 7.80. The highest BCUT2D eigenvalue weighted by Gasteiger charge is 2.13. The Balaban J connectivity index is 2.03. The number of allylic oxidation sites excluding steroid dienone is 1. The van der Waals surface area contributed by atoms with Gasteiger partial charge in [-0.3, -0.25) is 0 Å². The predicted molar refractivity (Wildman–Crippen MR) is 126 cm³/mol. The van der Waals surface area contributed by atoms with Crippen LogP contribution in [-0.2, 0) is 0 Å². The summed E-state index contributed by atoms with van der Waals surface area (Å²) in [6, 6.07) is 24.5. The van der Waals surface area contributed by atoms with Gasteiger partial charge in [0, 0.05) is 6.54 Å². The van der Waals surface area contributed by atoms with E-state index in [2.05, 4.69) is 55.1 Å². The topological polar surface area (TPSA) is 32.7 Å². The Labute approximate surface area is 180 Å². The van der Waals surface area contributed by atoms with E-state index in [4.69, 9.17) is 4.74 Å². The molecule has 0 atom stereocenters. The van der Waals surface area contributed by atoms with Crippen LogP contribution >= 0.6 is 0 Å². The molecule has 0 bridgehead atoms. The number of rotatable bonds is 8. The van der Waals surface area contributed by atoms with Crippen molar-refractivity contribution in [1.82, 2.24) is 4.90 Å². The Morgan fingerprint density at radius 2 is 1.33 bits per heavy atom. The lowest BCUT2D eigenvalue weighted by Crippen LogP contribution is -2.19. The third-order valence-corrected chi connectivity index (χ3v) is 5.16. The van der Waals surface area contributed by atoms with Gasteiger partial charge in [-0.25, -0.2) is 0 Å². The van der Waals surface area contributed by atoms with Crippen molar-refractivity contribution in [2.75, 3.05) is 27.2 Å². The van der Waals surface area contributed by atoms with Crippen LogP contribution in [0.4, 0.5) is 0 Å². The van der Waals surface area contributed by atoms with Crippen molar-refractivity contribution < 1.29 is 9.84 Å². The lowest BCUT2D eigenvalue weighted by molar-refractivity contribution is 0.261. The minimum atomic E-state index is 0.274. The molecule has 3 aromatic rings. The van der Waals surface area contributed by atoms with Crippen molar-refractivity contribution in [1.29, 1.82) is 0 Å². The van der Waals surface area contributed by atoms with E-state index in [1.807, 2.05) is 38.4 Å². The van der Waals surface area contributed by atoms with Crippen molar-refractivity contribution in [3.63, 3.8) is 0 Å². The summed E-state index contributed by atoms with van der Waals surface area (Å²) in [5, 5.41) is 9.77. The summed E-state index contributed by atoms with van der Waals surface area (Å²) in [6.45, 7) is 5.84. The number of ether oxygens (including phenoxy) is 1. The molecule has 0 fully saturated rings. The van der Waals surface area contributed by atoms with E-state index >= 15 is 0 Å². The van der Waals surface area contributed by atoms with E-state index in [-0.39, 0.29) is 5.75 Å². The standard InChI is InChI=1S/C27H31NO2/c1-5-26(21-8-6-20(2)7-9-21)27(22-10-14-24(29)15-11-22)23-12-16-25(17-13-23)30-19-18-28(3)4/h6-17,29H,5,18-19H2,1-4H3. The van der Waals surface area contributed by atoms with Crippen LogP contribution in [0.2, 0.25) is 0 Å². The zero-order valence-corrected chi connectivity index (χ0v) is 18.4. The first-order valence-electron chi connectivity index (χ1n) is 10.5. The van der Waals surface area contributed by atoms with Gasteiger partial charge >= 0.3 is 0 Å². The lowest BCUT2D eigenvalue weighted by Gasteiger charge is -2.17. The number of nitrogens with zero attached hydrogens (tertiary/aromatic N) is 1.